The number of carboxylic acids is 1. The van der Waals surface area contributed by atoms with Crippen LogP contribution in [0.25, 0.3) is 10.2 Å². The number of aromatic nitrogens is 1. The average molecular weight is 179 g/mol. The number of fused-ring (bicyclic) bond motifs is 1. The van der Waals surface area contributed by atoms with E-state index in [0.29, 0.717) is 5.56 Å². The Morgan fingerprint density at radius 2 is 2.33 bits per heavy atom. The van der Waals surface area contributed by atoms with E-state index in [1.807, 2.05) is 0 Å². The zero-order chi connectivity index (χ0) is 8.55. The number of rotatable bonds is 1. The number of hydrogen-bond donors (Lipinski definition) is 1. The Hall–Kier alpha value is -1.42. The van der Waals surface area contributed by atoms with Crippen LogP contribution in [-0.2, 0) is 0 Å². The third-order valence-electron chi connectivity index (χ3n) is 1.59. The van der Waals surface area contributed by atoms with Crippen molar-refractivity contribution in [2.45, 2.75) is 0 Å². The third kappa shape index (κ3) is 0.967. The highest BCUT2D eigenvalue weighted by atomic mass is 32.1. The Labute approximate surface area is 72.3 Å². The Kier molecular flexibility index (Phi) is 1.55. The van der Waals surface area contributed by atoms with Crippen molar-refractivity contribution in [1.29, 1.82) is 0 Å². The van der Waals surface area contributed by atoms with Crippen LogP contribution in [-0.4, -0.2) is 16.1 Å². The number of carboxylic acid groups (broad SMARTS) is 1. The van der Waals surface area contributed by atoms with Gasteiger partial charge in [0.15, 0.2) is 0 Å². The van der Waals surface area contributed by atoms with Crippen LogP contribution in [0, 0.1) is 0 Å². The average Bonchev–Trinajstić information content (AvgIpc) is 2.49. The lowest BCUT2D eigenvalue weighted by Gasteiger charge is -1.93. The number of nitrogens with zero attached hydrogens (tertiary/aromatic N) is 1. The second kappa shape index (κ2) is 2.57. The van der Waals surface area contributed by atoms with E-state index < -0.39 is 5.97 Å². The topological polar surface area (TPSA) is 50.2 Å². The molecule has 1 aromatic carbocycles. The maximum Gasteiger partial charge on any atom is 0.337 e. The van der Waals surface area contributed by atoms with Gasteiger partial charge >= 0.3 is 5.97 Å². The molecule has 0 radical (unpaired) electrons. The molecule has 0 aliphatic rings. The first-order valence-corrected chi connectivity index (χ1v) is 4.22. The van der Waals surface area contributed by atoms with E-state index in [2.05, 4.69) is 4.98 Å². The molecule has 2 aromatic rings. The van der Waals surface area contributed by atoms with Crippen LogP contribution in [0.5, 0.6) is 0 Å². The van der Waals surface area contributed by atoms with Crippen LogP contribution in [0.3, 0.4) is 0 Å². The molecule has 0 spiro atoms. The summed E-state index contributed by atoms with van der Waals surface area (Å²) < 4.78 is 0.741. The van der Waals surface area contributed by atoms with Crippen molar-refractivity contribution < 1.29 is 9.90 Å². The van der Waals surface area contributed by atoms with E-state index in [4.69, 9.17) is 5.11 Å². The Balaban J connectivity index is 2.82. The van der Waals surface area contributed by atoms with Crippen LogP contribution in [0.1, 0.15) is 10.4 Å². The highest BCUT2D eigenvalue weighted by molar-refractivity contribution is 7.17. The van der Waals surface area contributed by atoms with E-state index in [0.717, 1.165) is 10.2 Å². The lowest BCUT2D eigenvalue weighted by molar-refractivity contribution is 0.0699. The molecule has 3 nitrogen and oxygen atoms in total. The fourth-order valence-corrected chi connectivity index (χ4v) is 1.85. The first-order chi connectivity index (χ1) is 5.79. The number of carbonyl (C=O) groups is 1. The molecule has 1 N–H and O–H groups in total. The zero-order valence-corrected chi connectivity index (χ0v) is 6.84. The molecule has 1 aromatic heterocycles. The summed E-state index contributed by atoms with van der Waals surface area (Å²) in [6.45, 7) is 0. The minimum atomic E-state index is -0.898. The molecule has 0 bridgehead atoms. The molecule has 0 saturated carbocycles. The molecular weight excluding hydrogens is 174 g/mol. The SMILES string of the molecule is O=C(O)c1cccc2ncsc12. The van der Waals surface area contributed by atoms with Gasteiger partial charge in [-0.15, -0.1) is 11.3 Å². The van der Waals surface area contributed by atoms with Crippen LogP contribution >= 0.6 is 11.3 Å². The van der Waals surface area contributed by atoms with Crippen LogP contribution in [0.15, 0.2) is 23.7 Å². The van der Waals surface area contributed by atoms with Gasteiger partial charge in [-0.1, -0.05) is 6.07 Å². The molecule has 0 fully saturated rings. The van der Waals surface area contributed by atoms with Crippen LogP contribution in [0.2, 0.25) is 0 Å². The predicted octanol–water partition coefficient (Wildman–Crippen LogP) is 1.99. The number of thiazole rings is 1. The molecule has 1 heterocycles. The van der Waals surface area contributed by atoms with Crippen molar-refractivity contribution in [1.82, 2.24) is 4.98 Å². The van der Waals surface area contributed by atoms with Gasteiger partial charge in [-0.25, -0.2) is 9.78 Å². The fraction of sp³-hybridized carbons (Fsp3) is 0. The number of benzene rings is 1. The Morgan fingerprint density at radius 1 is 1.50 bits per heavy atom. The number of hydrogen-bond acceptors (Lipinski definition) is 3. The lowest BCUT2D eigenvalue weighted by Crippen LogP contribution is -1.95. The second-order valence-corrected chi connectivity index (χ2v) is 3.17. The van der Waals surface area contributed by atoms with Gasteiger partial charge in [0, 0.05) is 0 Å². The summed E-state index contributed by atoms with van der Waals surface area (Å²) in [4.78, 5) is 14.7. The number of aromatic carboxylic acids is 1. The summed E-state index contributed by atoms with van der Waals surface area (Å²) in [5.74, 6) is -0.898. The van der Waals surface area contributed by atoms with Crippen molar-refractivity contribution in [3.05, 3.63) is 29.3 Å². The largest absolute Gasteiger partial charge is 0.478 e. The fourth-order valence-electron chi connectivity index (χ4n) is 1.05. The second-order valence-electron chi connectivity index (χ2n) is 2.31. The van der Waals surface area contributed by atoms with Gasteiger partial charge in [0.2, 0.25) is 0 Å². The molecular formula is C8H5NO2S. The highest BCUT2D eigenvalue weighted by Gasteiger charge is 2.08. The van der Waals surface area contributed by atoms with Crippen LogP contribution < -0.4 is 0 Å². The van der Waals surface area contributed by atoms with Gasteiger partial charge in [0.05, 0.1) is 21.3 Å². The maximum absolute atomic E-state index is 10.7. The summed E-state index contributed by atoms with van der Waals surface area (Å²) in [6, 6.07) is 5.09. The smallest absolute Gasteiger partial charge is 0.337 e. The monoisotopic (exact) mass is 179 g/mol. The quantitative estimate of drug-likeness (QED) is 0.728. The molecule has 0 amide bonds. The van der Waals surface area contributed by atoms with E-state index in [1.165, 1.54) is 11.3 Å². The first-order valence-electron chi connectivity index (χ1n) is 3.34. The van der Waals surface area contributed by atoms with Crippen molar-refractivity contribution in [3.63, 3.8) is 0 Å². The third-order valence-corrected chi connectivity index (χ3v) is 2.46. The Morgan fingerprint density at radius 3 is 3.08 bits per heavy atom. The summed E-state index contributed by atoms with van der Waals surface area (Å²) in [6.07, 6.45) is 0. The summed E-state index contributed by atoms with van der Waals surface area (Å²) in [7, 11) is 0. The summed E-state index contributed by atoms with van der Waals surface area (Å²) in [5, 5.41) is 8.78. The highest BCUT2D eigenvalue weighted by Crippen LogP contribution is 2.21. The van der Waals surface area contributed by atoms with Crippen molar-refractivity contribution in [2.24, 2.45) is 0 Å². The summed E-state index contributed by atoms with van der Waals surface area (Å²) in [5.41, 5.74) is 2.73. The zero-order valence-electron chi connectivity index (χ0n) is 6.02. The van der Waals surface area contributed by atoms with E-state index in [-0.39, 0.29) is 0 Å². The van der Waals surface area contributed by atoms with Crippen molar-refractivity contribution in [3.8, 4) is 0 Å². The first kappa shape index (κ1) is 7.24. The van der Waals surface area contributed by atoms with Gasteiger partial charge in [0.1, 0.15) is 0 Å². The van der Waals surface area contributed by atoms with Gasteiger partial charge in [-0.2, -0.15) is 0 Å². The van der Waals surface area contributed by atoms with Gasteiger partial charge in [0.25, 0.3) is 0 Å². The molecule has 4 heteroatoms. The molecule has 0 unspecified atom stereocenters. The molecule has 2 rings (SSSR count). The van der Waals surface area contributed by atoms with E-state index >= 15 is 0 Å². The minimum Gasteiger partial charge on any atom is -0.478 e. The molecule has 0 aliphatic carbocycles. The minimum absolute atomic E-state index is 0.329. The summed E-state index contributed by atoms with van der Waals surface area (Å²) >= 11 is 1.35. The van der Waals surface area contributed by atoms with Crippen LogP contribution in [0.4, 0.5) is 0 Å². The lowest BCUT2D eigenvalue weighted by atomic mass is 10.2. The van der Waals surface area contributed by atoms with Gasteiger partial charge in [-0.3, -0.25) is 0 Å². The molecule has 0 saturated heterocycles. The molecule has 0 atom stereocenters. The van der Waals surface area contributed by atoms with Gasteiger partial charge in [-0.05, 0) is 12.1 Å². The normalized spacial score (nSPS) is 10.3. The molecule has 0 aliphatic heterocycles. The molecule has 60 valence electrons. The van der Waals surface area contributed by atoms with Gasteiger partial charge < -0.3 is 5.11 Å². The van der Waals surface area contributed by atoms with Crippen molar-refractivity contribution >= 4 is 27.5 Å². The standard InChI is InChI=1S/C8H5NO2S/c10-8(11)5-2-1-3-6-7(5)12-4-9-6/h1-4H,(H,10,11). The van der Waals surface area contributed by atoms with Crippen molar-refractivity contribution in [2.75, 3.05) is 0 Å². The Bertz CT molecular complexity index is 435. The maximum atomic E-state index is 10.7. The molecule has 12 heavy (non-hydrogen) atoms. The predicted molar refractivity (Wildman–Crippen MR) is 46.6 cm³/mol. The van der Waals surface area contributed by atoms with E-state index in [1.54, 1.807) is 23.7 Å². The van der Waals surface area contributed by atoms with E-state index in [9.17, 15) is 4.79 Å².